The van der Waals surface area contributed by atoms with Crippen molar-refractivity contribution in [3.8, 4) is 0 Å². The smallest absolute Gasteiger partial charge is 0.256 e. The summed E-state index contributed by atoms with van der Waals surface area (Å²) in [5.74, 6) is 0. The van der Waals surface area contributed by atoms with E-state index in [2.05, 4.69) is 14.9 Å². The molecular formula is C16H12ClN3O2S. The highest BCUT2D eigenvalue weighted by molar-refractivity contribution is 7.89. The zero-order valence-electron chi connectivity index (χ0n) is 11.8. The van der Waals surface area contributed by atoms with Gasteiger partial charge in [0.2, 0.25) is 0 Å². The lowest BCUT2D eigenvalue weighted by atomic mass is 10.1. The number of aromatic nitrogens is 1. The molecule has 0 fully saturated rings. The molecule has 3 aromatic rings. The zero-order chi connectivity index (χ0) is 16.3. The molecule has 1 heterocycles. The molecule has 2 aromatic carbocycles. The van der Waals surface area contributed by atoms with Crippen molar-refractivity contribution in [3.05, 3.63) is 71.4 Å². The molecule has 0 spiro atoms. The number of hydrogen-bond acceptors (Lipinski definition) is 4. The van der Waals surface area contributed by atoms with Crippen molar-refractivity contribution in [3.63, 3.8) is 0 Å². The van der Waals surface area contributed by atoms with Crippen molar-refractivity contribution in [1.82, 2.24) is 9.82 Å². The predicted octanol–water partition coefficient (Wildman–Crippen LogP) is 3.20. The second-order valence-corrected chi connectivity index (χ2v) is 6.83. The second kappa shape index (κ2) is 6.36. The van der Waals surface area contributed by atoms with E-state index < -0.39 is 10.0 Å². The van der Waals surface area contributed by atoms with E-state index in [4.69, 9.17) is 11.6 Å². The molecule has 0 atom stereocenters. The van der Waals surface area contributed by atoms with Gasteiger partial charge in [-0.1, -0.05) is 35.9 Å². The number of benzene rings is 2. The van der Waals surface area contributed by atoms with Crippen molar-refractivity contribution in [2.45, 2.75) is 4.90 Å². The maximum atomic E-state index is 12.1. The van der Waals surface area contributed by atoms with Crippen LogP contribution in [0.1, 0.15) is 5.56 Å². The Kier molecular flexibility index (Phi) is 4.27. The Bertz CT molecular complexity index is 965. The van der Waals surface area contributed by atoms with Crippen molar-refractivity contribution >= 4 is 38.7 Å². The van der Waals surface area contributed by atoms with Gasteiger partial charge in [0.05, 0.1) is 16.6 Å². The Morgan fingerprint density at radius 1 is 1.04 bits per heavy atom. The Balaban J connectivity index is 1.84. The number of nitrogens with one attached hydrogen (secondary N) is 1. The van der Waals surface area contributed by atoms with Crippen molar-refractivity contribution in [2.75, 3.05) is 0 Å². The monoisotopic (exact) mass is 345 g/mol. The van der Waals surface area contributed by atoms with Gasteiger partial charge in [-0.2, -0.15) is 13.5 Å². The number of rotatable bonds is 4. The molecule has 0 aliphatic carbocycles. The molecular weight excluding hydrogens is 334 g/mol. The highest BCUT2D eigenvalue weighted by Gasteiger charge is 2.12. The number of pyridine rings is 1. The summed E-state index contributed by atoms with van der Waals surface area (Å²) in [6.07, 6.45) is 3.11. The fourth-order valence-electron chi connectivity index (χ4n) is 2.06. The molecule has 0 aliphatic heterocycles. The van der Waals surface area contributed by atoms with Crippen molar-refractivity contribution in [1.29, 1.82) is 0 Å². The van der Waals surface area contributed by atoms with E-state index in [-0.39, 0.29) is 4.90 Å². The van der Waals surface area contributed by atoms with Crippen LogP contribution in [0.5, 0.6) is 0 Å². The molecule has 1 aromatic heterocycles. The van der Waals surface area contributed by atoms with E-state index in [9.17, 15) is 8.42 Å². The van der Waals surface area contributed by atoms with Crippen LogP contribution in [-0.4, -0.2) is 19.6 Å². The maximum Gasteiger partial charge on any atom is 0.276 e. The van der Waals surface area contributed by atoms with E-state index in [1.807, 2.05) is 30.3 Å². The molecule has 3 rings (SSSR count). The topological polar surface area (TPSA) is 71.4 Å². The Morgan fingerprint density at radius 3 is 2.57 bits per heavy atom. The van der Waals surface area contributed by atoms with Gasteiger partial charge in [-0.05, 0) is 30.3 Å². The van der Waals surface area contributed by atoms with Crippen LogP contribution in [0.15, 0.2) is 70.8 Å². The summed E-state index contributed by atoms with van der Waals surface area (Å²) >= 11 is 5.75. The molecule has 0 aliphatic rings. The Labute approximate surface area is 138 Å². The lowest BCUT2D eigenvalue weighted by molar-refractivity contribution is 0.584. The van der Waals surface area contributed by atoms with E-state index in [1.165, 1.54) is 30.5 Å². The number of halogens is 1. The summed E-state index contributed by atoms with van der Waals surface area (Å²) < 4.78 is 24.2. The van der Waals surface area contributed by atoms with Crippen LogP contribution in [0.4, 0.5) is 0 Å². The largest absolute Gasteiger partial charge is 0.276 e. The van der Waals surface area contributed by atoms with Crippen LogP contribution in [0, 0.1) is 0 Å². The van der Waals surface area contributed by atoms with E-state index >= 15 is 0 Å². The highest BCUT2D eigenvalue weighted by atomic mass is 35.5. The summed E-state index contributed by atoms with van der Waals surface area (Å²) in [6.45, 7) is 0. The molecule has 0 saturated carbocycles. The van der Waals surface area contributed by atoms with Crippen LogP contribution in [0.3, 0.4) is 0 Å². The molecule has 0 radical (unpaired) electrons. The minimum atomic E-state index is -3.73. The van der Waals surface area contributed by atoms with Crippen molar-refractivity contribution in [2.24, 2.45) is 5.10 Å². The third-order valence-corrected chi connectivity index (χ3v) is 4.65. The summed E-state index contributed by atoms with van der Waals surface area (Å²) in [4.78, 5) is 6.55. The molecule has 7 heteroatoms. The van der Waals surface area contributed by atoms with Gasteiger partial charge in [-0.3, -0.25) is 4.98 Å². The third kappa shape index (κ3) is 3.49. The van der Waals surface area contributed by atoms with Gasteiger partial charge in [0, 0.05) is 22.2 Å². The van der Waals surface area contributed by atoms with Gasteiger partial charge in [0.1, 0.15) is 0 Å². The minimum absolute atomic E-state index is 0.0927. The first-order valence-corrected chi connectivity index (χ1v) is 8.56. The van der Waals surface area contributed by atoms with Gasteiger partial charge >= 0.3 is 0 Å². The van der Waals surface area contributed by atoms with Gasteiger partial charge in [0.15, 0.2) is 0 Å². The summed E-state index contributed by atoms with van der Waals surface area (Å²) in [7, 11) is -3.73. The highest BCUT2D eigenvalue weighted by Crippen LogP contribution is 2.15. The summed E-state index contributed by atoms with van der Waals surface area (Å²) in [6, 6.07) is 15.2. The number of para-hydroxylation sites is 1. The summed E-state index contributed by atoms with van der Waals surface area (Å²) in [5.41, 5.74) is 1.48. The zero-order valence-corrected chi connectivity index (χ0v) is 13.4. The lowest BCUT2D eigenvalue weighted by Gasteiger charge is -2.04. The number of hydrogen-bond donors (Lipinski definition) is 1. The number of sulfonamides is 1. The average molecular weight is 346 g/mol. The van der Waals surface area contributed by atoms with Gasteiger partial charge in [-0.25, -0.2) is 4.83 Å². The molecule has 0 amide bonds. The van der Waals surface area contributed by atoms with Gasteiger partial charge < -0.3 is 0 Å². The number of hydrazone groups is 1. The molecule has 0 saturated heterocycles. The number of fused-ring (bicyclic) bond motifs is 1. The Morgan fingerprint density at radius 2 is 1.78 bits per heavy atom. The third-order valence-electron chi connectivity index (χ3n) is 3.16. The van der Waals surface area contributed by atoms with E-state index in [0.717, 1.165) is 16.5 Å². The predicted molar refractivity (Wildman–Crippen MR) is 91.1 cm³/mol. The van der Waals surface area contributed by atoms with Crippen LogP contribution < -0.4 is 4.83 Å². The fourth-order valence-corrected chi connectivity index (χ4v) is 2.98. The van der Waals surface area contributed by atoms with Crippen molar-refractivity contribution < 1.29 is 8.42 Å². The van der Waals surface area contributed by atoms with Gasteiger partial charge in [-0.15, -0.1) is 0 Å². The van der Waals surface area contributed by atoms with Crippen LogP contribution in [-0.2, 0) is 10.0 Å². The van der Waals surface area contributed by atoms with Crippen LogP contribution in [0.25, 0.3) is 10.9 Å². The average Bonchev–Trinajstić information content (AvgIpc) is 2.55. The number of nitrogens with zero attached hydrogens (tertiary/aromatic N) is 2. The standard InChI is InChI=1S/C16H12ClN3O2S/c17-14-6-8-15(9-7-14)23(21,22)20-19-11-13-4-1-3-12-5-2-10-18-16(12)13/h1-11,20H/b19-11+. The molecule has 23 heavy (non-hydrogen) atoms. The minimum Gasteiger partial charge on any atom is -0.256 e. The maximum absolute atomic E-state index is 12.1. The first kappa shape index (κ1) is 15.5. The first-order chi connectivity index (χ1) is 11.1. The quantitative estimate of drug-likeness (QED) is 0.583. The molecule has 0 bridgehead atoms. The van der Waals surface area contributed by atoms with Crippen LogP contribution in [0.2, 0.25) is 5.02 Å². The SMILES string of the molecule is O=S(=O)(N/N=C/c1cccc2cccnc12)c1ccc(Cl)cc1. The molecule has 0 unspecified atom stereocenters. The van der Waals surface area contributed by atoms with E-state index in [1.54, 1.807) is 6.20 Å². The fraction of sp³-hybridized carbons (Fsp3) is 0. The second-order valence-electron chi connectivity index (χ2n) is 4.73. The summed E-state index contributed by atoms with van der Waals surface area (Å²) in [5, 5.41) is 5.25. The van der Waals surface area contributed by atoms with Gasteiger partial charge in [0.25, 0.3) is 10.0 Å². The lowest BCUT2D eigenvalue weighted by Crippen LogP contribution is -2.18. The first-order valence-electron chi connectivity index (χ1n) is 6.70. The Hall–Kier alpha value is -2.44. The van der Waals surface area contributed by atoms with Crippen LogP contribution >= 0.6 is 11.6 Å². The normalized spacial score (nSPS) is 11.9. The molecule has 116 valence electrons. The molecule has 5 nitrogen and oxygen atoms in total. The molecule has 1 N–H and O–H groups in total. The van der Waals surface area contributed by atoms with E-state index in [0.29, 0.717) is 5.02 Å².